The predicted octanol–water partition coefficient (Wildman–Crippen LogP) is 4.55. The topological polar surface area (TPSA) is 75.7 Å². The zero-order valence-electron chi connectivity index (χ0n) is 19.2. The number of piperidine rings is 1. The van der Waals surface area contributed by atoms with Gasteiger partial charge < -0.3 is 10.1 Å². The molecule has 174 valence electrons. The molecule has 32 heavy (non-hydrogen) atoms. The highest BCUT2D eigenvalue weighted by molar-refractivity contribution is 7.89. The van der Waals surface area contributed by atoms with E-state index in [-0.39, 0.29) is 28.4 Å². The van der Waals surface area contributed by atoms with Crippen molar-refractivity contribution < 1.29 is 17.9 Å². The molecule has 2 aromatic rings. The summed E-state index contributed by atoms with van der Waals surface area (Å²) in [4.78, 5) is 13.1. The lowest BCUT2D eigenvalue weighted by Gasteiger charge is -2.32. The van der Waals surface area contributed by atoms with Gasteiger partial charge in [0.2, 0.25) is 15.9 Å². The number of ether oxygens (including phenoxy) is 1. The quantitative estimate of drug-likeness (QED) is 0.660. The largest absolute Gasteiger partial charge is 0.495 e. The highest BCUT2D eigenvalue weighted by atomic mass is 35.5. The van der Waals surface area contributed by atoms with Crippen molar-refractivity contribution in [2.45, 2.75) is 51.5 Å². The number of rotatable bonds is 6. The van der Waals surface area contributed by atoms with Gasteiger partial charge in [-0.3, -0.25) is 4.79 Å². The van der Waals surface area contributed by atoms with Crippen molar-refractivity contribution in [1.29, 1.82) is 0 Å². The van der Waals surface area contributed by atoms with E-state index in [0.29, 0.717) is 25.1 Å². The number of halogens is 1. The Balaban J connectivity index is 1.73. The monoisotopic (exact) mass is 478 g/mol. The molecule has 0 radical (unpaired) electrons. The van der Waals surface area contributed by atoms with Crippen molar-refractivity contribution >= 4 is 27.5 Å². The van der Waals surface area contributed by atoms with Gasteiger partial charge in [0.15, 0.2) is 0 Å². The van der Waals surface area contributed by atoms with Crippen LogP contribution in [0.25, 0.3) is 0 Å². The van der Waals surface area contributed by atoms with Crippen LogP contribution in [0.2, 0.25) is 5.02 Å². The Morgan fingerprint density at radius 2 is 1.84 bits per heavy atom. The second-order valence-corrected chi connectivity index (χ2v) is 10.9. The van der Waals surface area contributed by atoms with Crippen LogP contribution in [0.4, 0.5) is 0 Å². The fourth-order valence-corrected chi connectivity index (χ4v) is 6.06. The van der Waals surface area contributed by atoms with Gasteiger partial charge in [-0.1, -0.05) is 23.7 Å². The molecular formula is C24H31ClN2O4S. The van der Waals surface area contributed by atoms with Gasteiger partial charge in [0.1, 0.15) is 5.75 Å². The number of aryl methyl sites for hydroxylation is 3. The lowest BCUT2D eigenvalue weighted by molar-refractivity contribution is -0.126. The number of benzene rings is 2. The number of hydrogen-bond acceptors (Lipinski definition) is 4. The molecule has 2 unspecified atom stereocenters. The van der Waals surface area contributed by atoms with E-state index in [9.17, 15) is 13.2 Å². The molecule has 1 aliphatic heterocycles. The first-order chi connectivity index (χ1) is 15.0. The highest BCUT2D eigenvalue weighted by Crippen LogP contribution is 2.30. The number of methoxy groups -OCH3 is 1. The third kappa shape index (κ3) is 5.11. The number of amides is 1. The van der Waals surface area contributed by atoms with Crippen molar-refractivity contribution in [3.8, 4) is 5.75 Å². The first kappa shape index (κ1) is 24.6. The Hall–Kier alpha value is -2.09. The Morgan fingerprint density at radius 3 is 2.50 bits per heavy atom. The highest BCUT2D eigenvalue weighted by Gasteiger charge is 2.34. The fourth-order valence-electron chi connectivity index (χ4n) is 4.19. The summed E-state index contributed by atoms with van der Waals surface area (Å²) >= 11 is 6.13. The summed E-state index contributed by atoms with van der Waals surface area (Å²) in [5.41, 5.74) is 4.61. The first-order valence-corrected chi connectivity index (χ1v) is 12.6. The summed E-state index contributed by atoms with van der Waals surface area (Å²) < 4.78 is 32.8. The maximum absolute atomic E-state index is 13.2. The molecule has 1 amide bonds. The molecule has 1 heterocycles. The van der Waals surface area contributed by atoms with Crippen LogP contribution < -0.4 is 10.1 Å². The van der Waals surface area contributed by atoms with E-state index in [1.54, 1.807) is 0 Å². The van der Waals surface area contributed by atoms with Crippen molar-refractivity contribution in [3.05, 3.63) is 57.6 Å². The van der Waals surface area contributed by atoms with Crippen LogP contribution in [0, 0.1) is 26.7 Å². The van der Waals surface area contributed by atoms with Gasteiger partial charge in [-0.25, -0.2) is 8.42 Å². The van der Waals surface area contributed by atoms with Crippen LogP contribution in [-0.4, -0.2) is 38.8 Å². The van der Waals surface area contributed by atoms with Crippen LogP contribution in [0.15, 0.2) is 35.2 Å². The third-order valence-corrected chi connectivity index (χ3v) is 8.38. The maximum atomic E-state index is 13.2. The van der Waals surface area contributed by atoms with E-state index < -0.39 is 15.9 Å². The predicted molar refractivity (Wildman–Crippen MR) is 127 cm³/mol. The van der Waals surface area contributed by atoms with E-state index in [1.807, 2.05) is 13.8 Å². The summed E-state index contributed by atoms with van der Waals surface area (Å²) in [7, 11) is -2.28. The summed E-state index contributed by atoms with van der Waals surface area (Å²) in [6, 6.07) is 8.49. The van der Waals surface area contributed by atoms with Gasteiger partial charge in [0.05, 0.1) is 29.0 Å². The Labute approximate surface area is 196 Å². The average Bonchev–Trinajstić information content (AvgIpc) is 2.76. The molecule has 2 aromatic carbocycles. The normalized spacial score (nSPS) is 18.2. The number of nitrogens with zero attached hydrogens (tertiary/aromatic N) is 1. The Bertz CT molecular complexity index is 1120. The standard InChI is InChI=1S/C24H31ClN2O4S/c1-15-11-17(3)21(12-16(15)2)18(4)26-24(28)19-7-6-10-27(14-19)32(29,30)20-8-9-23(31-5)22(25)13-20/h8-9,11-13,18-19H,6-7,10,14H2,1-5H3,(H,26,28). The van der Waals surface area contributed by atoms with Gasteiger partial charge in [0, 0.05) is 13.1 Å². The lowest BCUT2D eigenvalue weighted by atomic mass is 9.95. The van der Waals surface area contributed by atoms with Crippen LogP contribution in [0.1, 0.15) is 48.1 Å². The second kappa shape index (κ2) is 9.81. The van der Waals surface area contributed by atoms with Crippen LogP contribution in [0.5, 0.6) is 5.75 Å². The molecule has 1 aliphatic rings. The van der Waals surface area contributed by atoms with Gasteiger partial charge in [-0.05, 0) is 81.0 Å². The molecule has 0 spiro atoms. The fraction of sp³-hybridized carbons (Fsp3) is 0.458. The number of sulfonamides is 1. The minimum atomic E-state index is -3.76. The van der Waals surface area contributed by atoms with Gasteiger partial charge in [-0.15, -0.1) is 0 Å². The smallest absolute Gasteiger partial charge is 0.243 e. The molecule has 1 saturated heterocycles. The molecular weight excluding hydrogens is 448 g/mol. The van der Waals surface area contributed by atoms with Gasteiger partial charge in [-0.2, -0.15) is 4.31 Å². The number of carbonyl (C=O) groups is 1. The Kier molecular flexibility index (Phi) is 7.53. The minimum absolute atomic E-state index is 0.100. The molecule has 8 heteroatoms. The molecule has 0 bridgehead atoms. The molecule has 1 N–H and O–H groups in total. The molecule has 1 fully saturated rings. The molecule has 2 atom stereocenters. The number of carbonyl (C=O) groups excluding carboxylic acids is 1. The summed E-state index contributed by atoms with van der Waals surface area (Å²) in [5.74, 6) is -0.110. The molecule has 3 rings (SSSR count). The van der Waals surface area contributed by atoms with E-state index in [2.05, 4.69) is 31.3 Å². The van der Waals surface area contributed by atoms with Crippen molar-refractivity contribution in [2.75, 3.05) is 20.2 Å². The van der Waals surface area contributed by atoms with Crippen LogP contribution in [0.3, 0.4) is 0 Å². The summed E-state index contributed by atoms with van der Waals surface area (Å²) in [6.07, 6.45) is 1.28. The zero-order chi connectivity index (χ0) is 23.6. The molecule has 0 saturated carbocycles. The minimum Gasteiger partial charge on any atom is -0.495 e. The summed E-state index contributed by atoms with van der Waals surface area (Å²) in [6.45, 7) is 8.66. The molecule has 0 aromatic heterocycles. The average molecular weight is 479 g/mol. The second-order valence-electron chi connectivity index (χ2n) is 8.52. The van der Waals surface area contributed by atoms with E-state index in [1.165, 1.54) is 40.7 Å². The first-order valence-electron chi connectivity index (χ1n) is 10.8. The van der Waals surface area contributed by atoms with Crippen molar-refractivity contribution in [1.82, 2.24) is 9.62 Å². The van der Waals surface area contributed by atoms with Crippen LogP contribution in [-0.2, 0) is 14.8 Å². The van der Waals surface area contributed by atoms with E-state index >= 15 is 0 Å². The van der Waals surface area contributed by atoms with Gasteiger partial charge >= 0.3 is 0 Å². The van der Waals surface area contributed by atoms with E-state index in [4.69, 9.17) is 16.3 Å². The summed E-state index contributed by atoms with van der Waals surface area (Å²) in [5, 5.41) is 3.33. The molecule has 6 nitrogen and oxygen atoms in total. The SMILES string of the molecule is COc1ccc(S(=O)(=O)N2CCCC(C(=O)NC(C)c3cc(C)c(C)cc3C)C2)cc1Cl. The zero-order valence-corrected chi connectivity index (χ0v) is 20.8. The number of hydrogen-bond donors (Lipinski definition) is 1. The van der Waals surface area contributed by atoms with Gasteiger partial charge in [0.25, 0.3) is 0 Å². The van der Waals surface area contributed by atoms with Crippen LogP contribution >= 0.6 is 11.6 Å². The molecule has 0 aliphatic carbocycles. The third-order valence-electron chi connectivity index (χ3n) is 6.22. The number of nitrogens with one attached hydrogen (secondary N) is 1. The maximum Gasteiger partial charge on any atom is 0.243 e. The van der Waals surface area contributed by atoms with E-state index in [0.717, 1.165) is 11.1 Å². The lowest BCUT2D eigenvalue weighted by Crippen LogP contribution is -2.45. The van der Waals surface area contributed by atoms with Crippen molar-refractivity contribution in [3.63, 3.8) is 0 Å². The Morgan fingerprint density at radius 1 is 1.16 bits per heavy atom. The van der Waals surface area contributed by atoms with Crippen molar-refractivity contribution in [2.24, 2.45) is 5.92 Å².